The topological polar surface area (TPSA) is 156 Å². The summed E-state index contributed by atoms with van der Waals surface area (Å²) < 4.78 is 42.6. The molecule has 3 aromatic rings. The van der Waals surface area contributed by atoms with E-state index in [1.165, 1.54) is 24.3 Å². The number of nitro groups is 2. The van der Waals surface area contributed by atoms with Crippen LogP contribution in [0.1, 0.15) is 37.4 Å². The van der Waals surface area contributed by atoms with E-state index in [2.05, 4.69) is 9.62 Å². The van der Waals surface area contributed by atoms with E-state index in [9.17, 15) is 37.8 Å². The number of halogens is 2. The van der Waals surface area contributed by atoms with Crippen LogP contribution in [-0.2, 0) is 21.4 Å². The van der Waals surface area contributed by atoms with Gasteiger partial charge in [-0.3, -0.25) is 29.9 Å². The molecule has 1 amide bonds. The van der Waals surface area contributed by atoms with Crippen LogP contribution in [-0.4, -0.2) is 59.1 Å². The summed E-state index contributed by atoms with van der Waals surface area (Å²) in [5.74, 6) is -0.670. The molecule has 1 N–H and O–H groups in total. The van der Waals surface area contributed by atoms with Crippen LogP contribution >= 0.6 is 11.6 Å². The number of sulfonamides is 1. The number of nitro benzene ring substituents is 2. The highest BCUT2D eigenvalue weighted by molar-refractivity contribution is 7.89. The van der Waals surface area contributed by atoms with Crippen molar-refractivity contribution in [2.24, 2.45) is 0 Å². The van der Waals surface area contributed by atoms with Crippen molar-refractivity contribution in [2.45, 2.75) is 49.8 Å². The number of carbonyl (C=O) groups excluding carboxylic acids is 1. The molecule has 1 unspecified atom stereocenters. The van der Waals surface area contributed by atoms with Crippen molar-refractivity contribution in [1.82, 2.24) is 14.5 Å². The monoisotopic (exact) mass is 633 g/mol. The molecule has 3 atom stereocenters. The molecule has 1 aliphatic rings. The second-order valence-corrected chi connectivity index (χ2v) is 12.5. The van der Waals surface area contributed by atoms with Gasteiger partial charge in [-0.05, 0) is 55.3 Å². The predicted molar refractivity (Wildman–Crippen MR) is 156 cm³/mol. The van der Waals surface area contributed by atoms with Crippen molar-refractivity contribution in [1.29, 1.82) is 0 Å². The first kappa shape index (κ1) is 31.9. The highest BCUT2D eigenvalue weighted by atomic mass is 35.5. The van der Waals surface area contributed by atoms with Gasteiger partial charge in [0, 0.05) is 49.2 Å². The first-order valence-electron chi connectivity index (χ1n) is 13.2. The molecular weight excluding hydrogens is 605 g/mol. The second kappa shape index (κ2) is 13.1. The van der Waals surface area contributed by atoms with Crippen molar-refractivity contribution in [2.75, 3.05) is 13.1 Å². The smallest absolute Gasteiger partial charge is 0.296 e. The molecule has 1 aliphatic heterocycles. The highest BCUT2D eigenvalue weighted by Crippen LogP contribution is 2.31. The number of amides is 1. The summed E-state index contributed by atoms with van der Waals surface area (Å²) in [6, 6.07) is 13.1. The van der Waals surface area contributed by atoms with Gasteiger partial charge in [0.2, 0.25) is 15.9 Å². The molecule has 0 aromatic heterocycles. The van der Waals surface area contributed by atoms with Gasteiger partial charge < -0.3 is 4.90 Å². The minimum absolute atomic E-state index is 0.0568. The van der Waals surface area contributed by atoms with E-state index >= 15 is 0 Å². The first-order valence-corrected chi connectivity index (χ1v) is 15.1. The first-order chi connectivity index (χ1) is 20.2. The summed E-state index contributed by atoms with van der Waals surface area (Å²) in [6.07, 6.45) is -0.309. The van der Waals surface area contributed by atoms with Gasteiger partial charge in [0.1, 0.15) is 5.82 Å². The van der Waals surface area contributed by atoms with Crippen LogP contribution in [0.3, 0.4) is 0 Å². The number of hydrogen-bond acceptors (Lipinski definition) is 8. The lowest BCUT2D eigenvalue weighted by Crippen LogP contribution is -2.58. The molecule has 15 heteroatoms. The van der Waals surface area contributed by atoms with Crippen LogP contribution in [0.5, 0.6) is 0 Å². The Kier molecular flexibility index (Phi) is 9.75. The van der Waals surface area contributed by atoms with Gasteiger partial charge >= 0.3 is 0 Å². The maximum absolute atomic E-state index is 13.6. The van der Waals surface area contributed by atoms with Crippen molar-refractivity contribution >= 4 is 38.9 Å². The zero-order valence-corrected chi connectivity index (χ0v) is 24.8. The minimum Gasteiger partial charge on any atom is -0.337 e. The Morgan fingerprint density at radius 2 is 1.65 bits per heavy atom. The molecule has 228 valence electrons. The number of non-ortho nitro benzene ring substituents is 1. The second-order valence-electron chi connectivity index (χ2n) is 10.4. The maximum Gasteiger partial charge on any atom is 0.296 e. The lowest BCUT2D eigenvalue weighted by atomic mass is 10.0. The van der Waals surface area contributed by atoms with E-state index in [0.29, 0.717) is 36.3 Å². The molecule has 3 aromatic carbocycles. The third kappa shape index (κ3) is 7.70. The van der Waals surface area contributed by atoms with Gasteiger partial charge in [0.25, 0.3) is 11.4 Å². The fourth-order valence-electron chi connectivity index (χ4n) is 5.04. The number of rotatable bonds is 10. The van der Waals surface area contributed by atoms with Gasteiger partial charge in [0.05, 0.1) is 22.0 Å². The molecule has 4 rings (SSSR count). The molecule has 1 heterocycles. The quantitative estimate of drug-likeness (QED) is 0.246. The highest BCUT2D eigenvalue weighted by Gasteiger charge is 2.35. The van der Waals surface area contributed by atoms with Gasteiger partial charge in [0.15, 0.2) is 4.90 Å². The fraction of sp³-hybridized carbons (Fsp3) is 0.321. The average molecular weight is 634 g/mol. The van der Waals surface area contributed by atoms with Crippen LogP contribution in [0.25, 0.3) is 0 Å². The lowest BCUT2D eigenvalue weighted by Gasteiger charge is -2.44. The van der Waals surface area contributed by atoms with Gasteiger partial charge in [-0.25, -0.2) is 17.5 Å². The Morgan fingerprint density at radius 3 is 2.26 bits per heavy atom. The zero-order valence-electron chi connectivity index (χ0n) is 23.2. The molecule has 1 fully saturated rings. The van der Waals surface area contributed by atoms with Crippen molar-refractivity contribution in [3.63, 3.8) is 0 Å². The van der Waals surface area contributed by atoms with Crippen molar-refractivity contribution < 1.29 is 27.4 Å². The molecule has 0 radical (unpaired) electrons. The van der Waals surface area contributed by atoms with E-state index in [0.717, 1.165) is 17.7 Å². The molecule has 43 heavy (non-hydrogen) atoms. The number of nitrogens with zero attached hydrogens (tertiary/aromatic N) is 4. The van der Waals surface area contributed by atoms with Crippen LogP contribution in [0.2, 0.25) is 5.02 Å². The number of nitrogens with one attached hydrogen (secondary N) is 1. The van der Waals surface area contributed by atoms with Crippen LogP contribution in [0.4, 0.5) is 15.8 Å². The summed E-state index contributed by atoms with van der Waals surface area (Å²) in [6.45, 7) is 5.28. The summed E-state index contributed by atoms with van der Waals surface area (Å²) in [4.78, 5) is 37.6. The number of hydrogen-bond donors (Lipinski definition) is 1. The summed E-state index contributed by atoms with van der Waals surface area (Å²) in [7, 11) is -4.64. The molecule has 12 nitrogen and oxygen atoms in total. The summed E-state index contributed by atoms with van der Waals surface area (Å²) in [5.41, 5.74) is -0.293. The van der Waals surface area contributed by atoms with Gasteiger partial charge in [-0.2, -0.15) is 0 Å². The molecule has 0 bridgehead atoms. The van der Waals surface area contributed by atoms with Crippen LogP contribution < -0.4 is 4.72 Å². The Morgan fingerprint density at radius 1 is 1.00 bits per heavy atom. The number of carbonyl (C=O) groups is 1. The van der Waals surface area contributed by atoms with Crippen LogP contribution in [0.15, 0.2) is 71.6 Å². The molecule has 0 aliphatic carbocycles. The zero-order chi connectivity index (χ0) is 31.5. The van der Waals surface area contributed by atoms with E-state index in [1.807, 2.05) is 13.8 Å². The van der Waals surface area contributed by atoms with E-state index < -0.39 is 42.2 Å². The Balaban J connectivity index is 1.57. The summed E-state index contributed by atoms with van der Waals surface area (Å²) >= 11 is 6.02. The Labute approximate surface area is 252 Å². The normalized spacial score (nSPS) is 18.3. The lowest BCUT2D eigenvalue weighted by molar-refractivity contribution is -0.396. The molecule has 1 saturated heterocycles. The maximum atomic E-state index is 13.6. The van der Waals surface area contributed by atoms with Crippen LogP contribution in [0, 0.1) is 26.0 Å². The SMILES string of the molecule is C[C@@H]1CN(Cc2ccc(F)cc2)[C@@H](C)CN1C(=O)CC(NS(=O)(=O)c1ccc([N+](=O)[O-])cc1[N+](=O)[O-])c1ccc(Cl)cc1. The minimum atomic E-state index is -4.64. The van der Waals surface area contributed by atoms with E-state index in [4.69, 9.17) is 11.6 Å². The van der Waals surface area contributed by atoms with Gasteiger partial charge in [-0.15, -0.1) is 0 Å². The largest absolute Gasteiger partial charge is 0.337 e. The third-order valence-electron chi connectivity index (χ3n) is 7.32. The molecular formula is C28H29ClFN5O7S. The fourth-order valence-corrected chi connectivity index (χ4v) is 6.55. The van der Waals surface area contributed by atoms with Crippen molar-refractivity contribution in [3.8, 4) is 0 Å². The van der Waals surface area contributed by atoms with Crippen molar-refractivity contribution in [3.05, 3.63) is 109 Å². The average Bonchev–Trinajstić information content (AvgIpc) is 2.95. The Bertz CT molecular complexity index is 1620. The molecule has 0 spiro atoms. The number of piperazine rings is 1. The Hall–Kier alpha value is -3.98. The predicted octanol–water partition coefficient (Wildman–Crippen LogP) is 4.83. The standard InChI is InChI=1S/C28H29ClFN5O7S/c1-18-16-33(19(2)15-32(18)17-20-3-9-23(30)10-4-20)28(36)14-25(21-5-7-22(29)8-6-21)31-43(41,42)27-12-11-24(34(37)38)13-26(27)35(39)40/h3-13,18-19,25,31H,14-17H2,1-2H3/t18-,19+,25?/m0/s1. The van der Waals surface area contributed by atoms with E-state index in [-0.39, 0.29) is 30.2 Å². The van der Waals surface area contributed by atoms with E-state index in [1.54, 1.807) is 29.2 Å². The number of benzene rings is 3. The third-order valence-corrected chi connectivity index (χ3v) is 9.09. The summed E-state index contributed by atoms with van der Waals surface area (Å²) in [5, 5.41) is 23.1. The van der Waals surface area contributed by atoms with Gasteiger partial charge in [-0.1, -0.05) is 35.9 Å². The molecule has 0 saturated carbocycles.